The van der Waals surface area contributed by atoms with Crippen LogP contribution in [0.25, 0.3) is 0 Å². The van der Waals surface area contributed by atoms with Crippen LogP contribution in [0.3, 0.4) is 0 Å². The number of hydrogen-bond donors (Lipinski definition) is 2. The number of amides is 2. The maximum Gasteiger partial charge on any atom is 0.309 e. The molecule has 0 bridgehead atoms. The van der Waals surface area contributed by atoms with Gasteiger partial charge in [0, 0.05) is 37.0 Å². The fraction of sp³-hybridized carbons (Fsp3) is 0.450. The lowest BCUT2D eigenvalue weighted by atomic mass is 10.1. The van der Waals surface area contributed by atoms with E-state index in [0.29, 0.717) is 18.7 Å². The zero-order valence-electron chi connectivity index (χ0n) is 16.3. The maximum absolute atomic E-state index is 11.9. The van der Waals surface area contributed by atoms with Gasteiger partial charge in [-0.3, -0.25) is 14.6 Å². The second kappa shape index (κ2) is 11.1. The molecule has 0 aliphatic rings. The van der Waals surface area contributed by atoms with Gasteiger partial charge in [0.25, 0.3) is 0 Å². The number of rotatable bonds is 8. The smallest absolute Gasteiger partial charge is 0.309 e. The van der Waals surface area contributed by atoms with E-state index in [9.17, 15) is 9.59 Å². The first-order valence-electron chi connectivity index (χ1n) is 8.75. The van der Waals surface area contributed by atoms with Crippen LogP contribution in [0, 0.1) is 6.92 Å². The molecular formula is C20H29N3O3. The molecule has 2 amide bonds. The first-order valence-corrected chi connectivity index (χ1v) is 8.75. The lowest BCUT2D eigenvalue weighted by Crippen LogP contribution is -2.40. The average molecular weight is 359 g/mol. The highest BCUT2D eigenvalue weighted by atomic mass is 16.5. The Balaban J connectivity index is 2.43. The number of nitrogens with zero attached hydrogens (tertiary/aromatic N) is 1. The van der Waals surface area contributed by atoms with Crippen LogP contribution >= 0.6 is 0 Å². The van der Waals surface area contributed by atoms with Crippen molar-refractivity contribution >= 4 is 17.5 Å². The molecule has 0 unspecified atom stereocenters. The summed E-state index contributed by atoms with van der Waals surface area (Å²) in [6, 6.07) is 5.69. The van der Waals surface area contributed by atoms with E-state index in [1.807, 2.05) is 45.2 Å². The van der Waals surface area contributed by atoms with Gasteiger partial charge in [-0.05, 0) is 38.8 Å². The fourth-order valence-electron chi connectivity index (χ4n) is 2.07. The van der Waals surface area contributed by atoms with Crippen LogP contribution < -0.4 is 15.4 Å². The van der Waals surface area contributed by atoms with Gasteiger partial charge in [-0.2, -0.15) is 0 Å². The summed E-state index contributed by atoms with van der Waals surface area (Å²) in [6.07, 6.45) is 3.39. The Labute approximate surface area is 155 Å². The van der Waals surface area contributed by atoms with E-state index in [2.05, 4.69) is 22.5 Å². The Morgan fingerprint density at radius 2 is 1.88 bits per heavy atom. The predicted octanol–water partition coefficient (Wildman–Crippen LogP) is 2.90. The lowest BCUT2D eigenvalue weighted by molar-refractivity contribution is -0.139. The van der Waals surface area contributed by atoms with Crippen molar-refractivity contribution in [1.29, 1.82) is 0 Å². The SMILES string of the molecule is CC/C(C)=C\N=C(/C)CCNC(=O)C(=O)NCc1ccc(C)cc1OC. The molecule has 1 aromatic rings. The van der Waals surface area contributed by atoms with Crippen molar-refractivity contribution in [3.05, 3.63) is 41.1 Å². The Bertz CT molecular complexity index is 694. The molecule has 0 saturated heterocycles. The molecule has 0 heterocycles. The molecular weight excluding hydrogens is 330 g/mol. The highest BCUT2D eigenvalue weighted by Crippen LogP contribution is 2.19. The van der Waals surface area contributed by atoms with Crippen LogP contribution in [0.4, 0.5) is 0 Å². The van der Waals surface area contributed by atoms with Crippen LogP contribution in [0.1, 0.15) is 44.7 Å². The summed E-state index contributed by atoms with van der Waals surface area (Å²) >= 11 is 0. The third-order valence-corrected chi connectivity index (χ3v) is 3.92. The summed E-state index contributed by atoms with van der Waals surface area (Å²) in [7, 11) is 1.58. The molecule has 0 aliphatic heterocycles. The molecule has 1 rings (SSSR count). The minimum absolute atomic E-state index is 0.233. The summed E-state index contributed by atoms with van der Waals surface area (Å²) in [6.45, 7) is 8.55. The molecule has 26 heavy (non-hydrogen) atoms. The number of aryl methyl sites for hydroxylation is 1. The molecule has 0 radical (unpaired) electrons. The molecule has 2 N–H and O–H groups in total. The third-order valence-electron chi connectivity index (χ3n) is 3.92. The van der Waals surface area contributed by atoms with E-state index < -0.39 is 11.8 Å². The number of nitrogens with one attached hydrogen (secondary N) is 2. The Kier molecular flexibility index (Phi) is 9.12. The van der Waals surface area contributed by atoms with Crippen molar-refractivity contribution in [2.24, 2.45) is 4.99 Å². The Morgan fingerprint density at radius 3 is 2.54 bits per heavy atom. The second-order valence-corrected chi connectivity index (χ2v) is 6.20. The van der Waals surface area contributed by atoms with Crippen LogP contribution in [0.2, 0.25) is 0 Å². The summed E-state index contributed by atoms with van der Waals surface area (Å²) in [5.74, 6) is -0.624. The lowest BCUT2D eigenvalue weighted by Gasteiger charge is -2.10. The summed E-state index contributed by atoms with van der Waals surface area (Å²) in [5.41, 5.74) is 3.98. The standard InChI is InChI=1S/C20H29N3O3/c1-6-14(2)12-22-16(4)9-10-21-19(24)20(25)23-13-17-8-7-15(3)11-18(17)26-5/h7-8,11-12H,6,9-10,13H2,1-5H3,(H,21,24)(H,23,25)/b14-12-,22-16+. The first-order chi connectivity index (χ1) is 12.4. The summed E-state index contributed by atoms with van der Waals surface area (Å²) in [5, 5.41) is 5.21. The minimum atomic E-state index is -0.663. The third kappa shape index (κ3) is 7.51. The van der Waals surface area contributed by atoms with Gasteiger partial charge in [-0.25, -0.2) is 0 Å². The molecule has 1 aromatic carbocycles. The number of carbonyl (C=O) groups excluding carboxylic acids is 2. The zero-order valence-corrected chi connectivity index (χ0v) is 16.3. The number of allylic oxidation sites excluding steroid dienone is 1. The molecule has 0 spiro atoms. The molecule has 6 nitrogen and oxygen atoms in total. The van der Waals surface area contributed by atoms with E-state index in [-0.39, 0.29) is 6.54 Å². The number of aliphatic imine (C=N–C) groups is 1. The first kappa shape index (κ1) is 21.4. The van der Waals surface area contributed by atoms with E-state index in [1.165, 1.54) is 5.57 Å². The van der Waals surface area contributed by atoms with Gasteiger partial charge < -0.3 is 15.4 Å². The largest absolute Gasteiger partial charge is 0.496 e. The summed E-state index contributed by atoms with van der Waals surface area (Å²) in [4.78, 5) is 28.1. The monoisotopic (exact) mass is 359 g/mol. The topological polar surface area (TPSA) is 79.8 Å². The number of benzene rings is 1. The molecule has 6 heteroatoms. The van der Waals surface area contributed by atoms with Gasteiger partial charge >= 0.3 is 11.8 Å². The average Bonchev–Trinajstić information content (AvgIpc) is 2.64. The van der Waals surface area contributed by atoms with Crippen molar-refractivity contribution in [2.75, 3.05) is 13.7 Å². The van der Waals surface area contributed by atoms with Crippen molar-refractivity contribution in [3.8, 4) is 5.75 Å². The van der Waals surface area contributed by atoms with Crippen LogP contribution in [0.15, 0.2) is 35.0 Å². The van der Waals surface area contributed by atoms with Crippen LogP contribution in [0.5, 0.6) is 5.75 Å². The van der Waals surface area contributed by atoms with Crippen molar-refractivity contribution < 1.29 is 14.3 Å². The zero-order chi connectivity index (χ0) is 19.5. The second-order valence-electron chi connectivity index (χ2n) is 6.20. The Hall–Kier alpha value is -2.63. The highest BCUT2D eigenvalue weighted by molar-refractivity contribution is 6.35. The van der Waals surface area contributed by atoms with Crippen LogP contribution in [-0.4, -0.2) is 31.2 Å². The number of ether oxygens (including phenoxy) is 1. The van der Waals surface area contributed by atoms with Crippen molar-refractivity contribution in [3.63, 3.8) is 0 Å². The van der Waals surface area contributed by atoms with Crippen molar-refractivity contribution in [1.82, 2.24) is 10.6 Å². The van der Waals surface area contributed by atoms with E-state index in [4.69, 9.17) is 4.74 Å². The summed E-state index contributed by atoms with van der Waals surface area (Å²) < 4.78 is 5.29. The highest BCUT2D eigenvalue weighted by Gasteiger charge is 2.13. The number of hydrogen-bond acceptors (Lipinski definition) is 4. The molecule has 0 fully saturated rings. The predicted molar refractivity (Wildman–Crippen MR) is 104 cm³/mol. The van der Waals surface area contributed by atoms with Gasteiger partial charge in [0.05, 0.1) is 7.11 Å². The quantitative estimate of drug-likeness (QED) is 0.553. The van der Waals surface area contributed by atoms with Gasteiger partial charge in [0.15, 0.2) is 0 Å². The van der Waals surface area contributed by atoms with Crippen LogP contribution in [-0.2, 0) is 16.1 Å². The molecule has 0 aliphatic carbocycles. The van der Waals surface area contributed by atoms with E-state index in [1.54, 1.807) is 7.11 Å². The fourth-order valence-corrected chi connectivity index (χ4v) is 2.07. The van der Waals surface area contributed by atoms with Gasteiger partial charge in [0.2, 0.25) is 0 Å². The van der Waals surface area contributed by atoms with E-state index in [0.717, 1.165) is 23.3 Å². The molecule has 142 valence electrons. The van der Waals surface area contributed by atoms with Crippen molar-refractivity contribution in [2.45, 2.75) is 47.1 Å². The Morgan fingerprint density at radius 1 is 1.19 bits per heavy atom. The van der Waals surface area contributed by atoms with Gasteiger partial charge in [-0.1, -0.05) is 24.6 Å². The molecule has 0 atom stereocenters. The molecule has 0 saturated carbocycles. The maximum atomic E-state index is 11.9. The number of carbonyl (C=O) groups is 2. The van der Waals surface area contributed by atoms with E-state index >= 15 is 0 Å². The minimum Gasteiger partial charge on any atom is -0.496 e. The number of methoxy groups -OCH3 is 1. The molecule has 0 aromatic heterocycles. The normalized spacial score (nSPS) is 11.9. The van der Waals surface area contributed by atoms with Gasteiger partial charge in [0.1, 0.15) is 5.75 Å². The van der Waals surface area contributed by atoms with Gasteiger partial charge in [-0.15, -0.1) is 0 Å².